The quantitative estimate of drug-likeness (QED) is 0.822. The highest BCUT2D eigenvalue weighted by Gasteiger charge is 2.25. The van der Waals surface area contributed by atoms with Gasteiger partial charge in [-0.1, -0.05) is 0 Å². The van der Waals surface area contributed by atoms with Crippen LogP contribution in [0.4, 0.5) is 0 Å². The van der Waals surface area contributed by atoms with Crippen molar-refractivity contribution in [3.05, 3.63) is 22.4 Å². The van der Waals surface area contributed by atoms with E-state index in [9.17, 15) is 0 Å². The van der Waals surface area contributed by atoms with Crippen LogP contribution in [0.1, 0.15) is 24.9 Å². The average molecular weight is 210 g/mol. The third-order valence-electron chi connectivity index (χ3n) is 3.20. The van der Waals surface area contributed by atoms with Crippen molar-refractivity contribution >= 4 is 11.3 Å². The van der Waals surface area contributed by atoms with Crippen molar-refractivity contribution in [2.75, 3.05) is 20.1 Å². The number of thiophene rings is 1. The fourth-order valence-electron chi connectivity index (χ4n) is 2.10. The van der Waals surface area contributed by atoms with Crippen molar-refractivity contribution < 1.29 is 0 Å². The van der Waals surface area contributed by atoms with E-state index in [1.165, 1.54) is 25.1 Å². The van der Waals surface area contributed by atoms with E-state index in [-0.39, 0.29) is 0 Å². The van der Waals surface area contributed by atoms with E-state index in [1.54, 1.807) is 11.3 Å². The summed E-state index contributed by atoms with van der Waals surface area (Å²) in [5.41, 5.74) is 1.46. The van der Waals surface area contributed by atoms with Gasteiger partial charge in [0.1, 0.15) is 0 Å². The van der Waals surface area contributed by atoms with Crippen LogP contribution in [0.3, 0.4) is 0 Å². The molecule has 0 amide bonds. The van der Waals surface area contributed by atoms with Gasteiger partial charge in [-0.15, -0.1) is 0 Å². The van der Waals surface area contributed by atoms with Gasteiger partial charge in [-0.2, -0.15) is 11.3 Å². The molecule has 0 spiro atoms. The van der Waals surface area contributed by atoms with Crippen molar-refractivity contribution in [2.24, 2.45) is 0 Å². The lowest BCUT2D eigenvalue weighted by molar-refractivity contribution is 0.257. The lowest BCUT2D eigenvalue weighted by atomic mass is 10.1. The molecule has 1 aliphatic heterocycles. The Bertz CT molecular complexity index is 271. The van der Waals surface area contributed by atoms with Crippen LogP contribution in [0.25, 0.3) is 0 Å². The maximum absolute atomic E-state index is 3.35. The Kier molecular flexibility index (Phi) is 3.21. The zero-order valence-corrected chi connectivity index (χ0v) is 9.68. The van der Waals surface area contributed by atoms with Crippen LogP contribution in [0, 0.1) is 0 Å². The molecule has 0 aromatic carbocycles. The Labute approximate surface area is 89.9 Å². The van der Waals surface area contributed by atoms with Gasteiger partial charge >= 0.3 is 0 Å². The van der Waals surface area contributed by atoms with E-state index < -0.39 is 0 Å². The van der Waals surface area contributed by atoms with E-state index in [0.29, 0.717) is 12.1 Å². The molecule has 1 aromatic heterocycles. The van der Waals surface area contributed by atoms with Gasteiger partial charge in [-0.25, -0.2) is 0 Å². The molecule has 2 nitrogen and oxygen atoms in total. The molecular formula is C11H18N2S. The van der Waals surface area contributed by atoms with Crippen molar-refractivity contribution in [1.29, 1.82) is 0 Å². The second-order valence-electron chi connectivity index (χ2n) is 4.00. The molecule has 2 unspecified atom stereocenters. The van der Waals surface area contributed by atoms with E-state index in [1.807, 2.05) is 0 Å². The summed E-state index contributed by atoms with van der Waals surface area (Å²) in [5.74, 6) is 0. The van der Waals surface area contributed by atoms with Crippen LogP contribution in [0.2, 0.25) is 0 Å². The minimum atomic E-state index is 0.583. The van der Waals surface area contributed by atoms with Crippen LogP contribution in [-0.2, 0) is 0 Å². The number of hydrogen-bond acceptors (Lipinski definition) is 3. The highest BCUT2D eigenvalue weighted by atomic mass is 32.1. The van der Waals surface area contributed by atoms with Crippen LogP contribution in [0.5, 0.6) is 0 Å². The Hall–Kier alpha value is -0.380. The summed E-state index contributed by atoms with van der Waals surface area (Å²) in [4.78, 5) is 2.56. The number of hydrogen-bond donors (Lipinski definition) is 1. The smallest absolute Gasteiger partial charge is 0.0328 e. The molecule has 2 rings (SSSR count). The maximum Gasteiger partial charge on any atom is 0.0328 e. The molecule has 2 heterocycles. The molecule has 1 N–H and O–H groups in total. The van der Waals surface area contributed by atoms with Crippen LogP contribution in [0.15, 0.2) is 16.8 Å². The SMILES string of the molecule is CNC1CCN(C(C)c2ccsc2)C1. The normalized spacial score (nSPS) is 25.4. The lowest BCUT2D eigenvalue weighted by Crippen LogP contribution is -2.30. The highest BCUT2D eigenvalue weighted by Crippen LogP contribution is 2.25. The molecule has 2 atom stereocenters. The summed E-state index contributed by atoms with van der Waals surface area (Å²) in [5, 5.41) is 7.78. The zero-order chi connectivity index (χ0) is 9.97. The zero-order valence-electron chi connectivity index (χ0n) is 8.86. The molecule has 1 aliphatic rings. The minimum Gasteiger partial charge on any atom is -0.316 e. The molecule has 1 fully saturated rings. The molecule has 3 heteroatoms. The van der Waals surface area contributed by atoms with Gasteiger partial charge in [0, 0.05) is 25.2 Å². The molecule has 14 heavy (non-hydrogen) atoms. The first kappa shape index (κ1) is 10.1. The summed E-state index contributed by atoms with van der Waals surface area (Å²) in [7, 11) is 2.06. The number of rotatable bonds is 3. The number of nitrogens with one attached hydrogen (secondary N) is 1. The molecular weight excluding hydrogens is 192 g/mol. The molecule has 1 saturated heterocycles. The fraction of sp³-hybridized carbons (Fsp3) is 0.636. The largest absolute Gasteiger partial charge is 0.316 e. The van der Waals surface area contributed by atoms with Crippen molar-refractivity contribution in [1.82, 2.24) is 10.2 Å². The lowest BCUT2D eigenvalue weighted by Gasteiger charge is -2.23. The van der Waals surface area contributed by atoms with Gasteiger partial charge in [0.05, 0.1) is 0 Å². The Morgan fingerprint density at radius 1 is 1.64 bits per heavy atom. The van der Waals surface area contributed by atoms with Crippen molar-refractivity contribution in [2.45, 2.75) is 25.4 Å². The van der Waals surface area contributed by atoms with Gasteiger partial charge in [0.2, 0.25) is 0 Å². The first-order valence-corrected chi connectivity index (χ1v) is 6.19. The molecule has 0 saturated carbocycles. The van der Waals surface area contributed by atoms with Crippen LogP contribution >= 0.6 is 11.3 Å². The fourth-order valence-corrected chi connectivity index (χ4v) is 2.85. The molecule has 1 aromatic rings. The van der Waals surface area contributed by atoms with Crippen LogP contribution in [-0.4, -0.2) is 31.1 Å². The highest BCUT2D eigenvalue weighted by molar-refractivity contribution is 7.07. The third-order valence-corrected chi connectivity index (χ3v) is 3.90. The van der Waals surface area contributed by atoms with Gasteiger partial charge < -0.3 is 5.32 Å². The van der Waals surface area contributed by atoms with E-state index in [2.05, 4.69) is 41.0 Å². The van der Waals surface area contributed by atoms with Crippen LogP contribution < -0.4 is 5.32 Å². The third kappa shape index (κ3) is 2.00. The van der Waals surface area contributed by atoms with Gasteiger partial charge in [0.15, 0.2) is 0 Å². The van der Waals surface area contributed by atoms with Gasteiger partial charge in [-0.3, -0.25) is 4.90 Å². The average Bonchev–Trinajstić information content (AvgIpc) is 2.88. The minimum absolute atomic E-state index is 0.583. The summed E-state index contributed by atoms with van der Waals surface area (Å²) in [6.45, 7) is 4.72. The van der Waals surface area contributed by atoms with Crippen molar-refractivity contribution in [3.8, 4) is 0 Å². The molecule has 0 aliphatic carbocycles. The first-order valence-electron chi connectivity index (χ1n) is 5.24. The summed E-state index contributed by atoms with van der Waals surface area (Å²) < 4.78 is 0. The number of likely N-dealkylation sites (tertiary alicyclic amines) is 1. The van der Waals surface area contributed by atoms with Crippen molar-refractivity contribution in [3.63, 3.8) is 0 Å². The monoisotopic (exact) mass is 210 g/mol. The summed E-state index contributed by atoms with van der Waals surface area (Å²) >= 11 is 1.79. The first-order chi connectivity index (χ1) is 6.81. The topological polar surface area (TPSA) is 15.3 Å². The standard InChI is InChI=1S/C11H18N2S/c1-9(10-4-6-14-8-10)13-5-3-11(7-13)12-2/h4,6,8-9,11-12H,3,5,7H2,1-2H3. The van der Waals surface area contributed by atoms with Gasteiger partial charge in [-0.05, 0) is 42.8 Å². The van der Waals surface area contributed by atoms with E-state index >= 15 is 0 Å². The molecule has 78 valence electrons. The molecule has 0 bridgehead atoms. The number of likely N-dealkylation sites (N-methyl/N-ethyl adjacent to an activating group) is 1. The molecule has 0 radical (unpaired) electrons. The predicted octanol–water partition coefficient (Wildman–Crippen LogP) is 2.10. The summed E-state index contributed by atoms with van der Waals surface area (Å²) in [6.07, 6.45) is 1.28. The Morgan fingerprint density at radius 3 is 3.07 bits per heavy atom. The Balaban J connectivity index is 1.97. The van der Waals surface area contributed by atoms with E-state index in [4.69, 9.17) is 0 Å². The number of nitrogens with zero attached hydrogens (tertiary/aromatic N) is 1. The predicted molar refractivity (Wildman–Crippen MR) is 61.8 cm³/mol. The second kappa shape index (κ2) is 4.43. The second-order valence-corrected chi connectivity index (χ2v) is 4.78. The maximum atomic E-state index is 3.35. The Morgan fingerprint density at radius 2 is 2.50 bits per heavy atom. The van der Waals surface area contributed by atoms with E-state index in [0.717, 1.165) is 0 Å². The summed E-state index contributed by atoms with van der Waals surface area (Å²) in [6, 6.07) is 3.51. The van der Waals surface area contributed by atoms with Gasteiger partial charge in [0.25, 0.3) is 0 Å².